The molecule has 0 aliphatic carbocycles. The van der Waals surface area contributed by atoms with E-state index in [0.29, 0.717) is 11.4 Å². The van der Waals surface area contributed by atoms with Gasteiger partial charge in [0.25, 0.3) is 5.69 Å². The summed E-state index contributed by atoms with van der Waals surface area (Å²) in [5.41, 5.74) is 0.517. The standard InChI is InChI=1S/C9H12N2O3S/c1-3-15(2,14)10-8-4-6-9(7-5-8)11(12)13/h4-7H,3H2,1-2H3. The maximum atomic E-state index is 11.6. The fraction of sp³-hybridized carbons (Fsp3) is 0.333. The second kappa shape index (κ2) is 4.39. The molecular formula is C9H12N2O3S. The number of hydrogen-bond donors (Lipinski definition) is 0. The second-order valence-electron chi connectivity index (χ2n) is 3.11. The average Bonchev–Trinajstić information content (AvgIpc) is 2.18. The van der Waals surface area contributed by atoms with Crippen molar-refractivity contribution in [1.82, 2.24) is 0 Å². The Morgan fingerprint density at radius 1 is 1.40 bits per heavy atom. The van der Waals surface area contributed by atoms with Crippen molar-refractivity contribution in [3.05, 3.63) is 34.4 Å². The van der Waals surface area contributed by atoms with Gasteiger partial charge in [-0.15, -0.1) is 0 Å². The van der Waals surface area contributed by atoms with Crippen LogP contribution in [0, 0.1) is 10.1 Å². The van der Waals surface area contributed by atoms with Gasteiger partial charge < -0.3 is 0 Å². The maximum absolute atomic E-state index is 11.6. The summed E-state index contributed by atoms with van der Waals surface area (Å²) in [4.78, 5) is 9.89. The van der Waals surface area contributed by atoms with Crippen molar-refractivity contribution < 1.29 is 9.13 Å². The van der Waals surface area contributed by atoms with Crippen LogP contribution in [0.25, 0.3) is 0 Å². The van der Waals surface area contributed by atoms with Crippen molar-refractivity contribution in [2.24, 2.45) is 4.36 Å². The third-order valence-electron chi connectivity index (χ3n) is 1.89. The van der Waals surface area contributed by atoms with Gasteiger partial charge in [0.2, 0.25) is 0 Å². The van der Waals surface area contributed by atoms with E-state index in [-0.39, 0.29) is 5.69 Å². The Kier molecular flexibility index (Phi) is 3.41. The molecule has 0 spiro atoms. The molecule has 0 amide bonds. The third-order valence-corrected chi connectivity index (χ3v) is 3.56. The third kappa shape index (κ3) is 3.32. The van der Waals surface area contributed by atoms with E-state index in [2.05, 4.69) is 4.36 Å². The maximum Gasteiger partial charge on any atom is 0.269 e. The second-order valence-corrected chi connectivity index (χ2v) is 5.79. The van der Waals surface area contributed by atoms with Gasteiger partial charge in [0.15, 0.2) is 0 Å². The van der Waals surface area contributed by atoms with Gasteiger partial charge >= 0.3 is 0 Å². The highest BCUT2D eigenvalue weighted by Gasteiger charge is 2.04. The molecule has 0 saturated heterocycles. The average molecular weight is 228 g/mol. The molecule has 0 aromatic heterocycles. The van der Waals surface area contributed by atoms with Crippen LogP contribution in [0.2, 0.25) is 0 Å². The molecule has 15 heavy (non-hydrogen) atoms. The van der Waals surface area contributed by atoms with Crippen molar-refractivity contribution >= 4 is 21.1 Å². The van der Waals surface area contributed by atoms with Crippen LogP contribution in [-0.2, 0) is 9.73 Å². The molecule has 0 saturated carbocycles. The largest absolute Gasteiger partial charge is 0.269 e. The van der Waals surface area contributed by atoms with Gasteiger partial charge in [-0.3, -0.25) is 10.1 Å². The molecule has 0 bridgehead atoms. The minimum atomic E-state index is -2.20. The smallest absolute Gasteiger partial charge is 0.258 e. The molecule has 0 aliphatic rings. The highest BCUT2D eigenvalue weighted by molar-refractivity contribution is 7.93. The fourth-order valence-corrected chi connectivity index (χ4v) is 1.62. The van der Waals surface area contributed by atoms with Gasteiger partial charge in [0, 0.05) is 33.9 Å². The van der Waals surface area contributed by atoms with Crippen molar-refractivity contribution in [1.29, 1.82) is 0 Å². The Labute approximate surface area is 88.5 Å². The van der Waals surface area contributed by atoms with Gasteiger partial charge in [-0.1, -0.05) is 6.92 Å². The quantitative estimate of drug-likeness (QED) is 0.588. The Balaban J connectivity index is 3.06. The predicted octanol–water partition coefficient (Wildman–Crippen LogP) is 2.34. The van der Waals surface area contributed by atoms with Crippen LogP contribution in [-0.4, -0.2) is 21.1 Å². The molecule has 1 unspecified atom stereocenters. The Morgan fingerprint density at radius 3 is 2.33 bits per heavy atom. The van der Waals surface area contributed by atoms with Crippen molar-refractivity contribution in [2.75, 3.05) is 12.0 Å². The minimum absolute atomic E-state index is 0.00745. The molecule has 82 valence electrons. The van der Waals surface area contributed by atoms with Gasteiger partial charge in [-0.25, -0.2) is 4.21 Å². The van der Waals surface area contributed by atoms with E-state index in [9.17, 15) is 14.3 Å². The van der Waals surface area contributed by atoms with Crippen LogP contribution in [0.15, 0.2) is 28.6 Å². The highest BCUT2D eigenvalue weighted by atomic mass is 32.2. The highest BCUT2D eigenvalue weighted by Crippen LogP contribution is 2.19. The molecule has 0 fully saturated rings. The van der Waals surface area contributed by atoms with E-state index in [1.165, 1.54) is 24.3 Å². The zero-order chi connectivity index (χ0) is 11.5. The predicted molar refractivity (Wildman–Crippen MR) is 59.8 cm³/mol. The molecule has 0 N–H and O–H groups in total. The molecule has 0 heterocycles. The topological polar surface area (TPSA) is 72.6 Å². The first-order valence-corrected chi connectivity index (χ1v) is 6.48. The summed E-state index contributed by atoms with van der Waals surface area (Å²) in [6.45, 7) is 1.79. The Bertz CT molecular complexity index is 473. The van der Waals surface area contributed by atoms with Gasteiger partial charge in [0.1, 0.15) is 0 Å². The van der Waals surface area contributed by atoms with E-state index in [1.54, 1.807) is 13.2 Å². The molecule has 0 aliphatic heterocycles. The number of hydrogen-bond acceptors (Lipinski definition) is 4. The monoisotopic (exact) mass is 228 g/mol. The lowest BCUT2D eigenvalue weighted by Crippen LogP contribution is -1.97. The number of rotatable bonds is 3. The summed E-state index contributed by atoms with van der Waals surface area (Å²) >= 11 is 0. The molecule has 1 rings (SSSR count). The molecule has 0 radical (unpaired) electrons. The van der Waals surface area contributed by atoms with Crippen LogP contribution in [0.3, 0.4) is 0 Å². The summed E-state index contributed by atoms with van der Waals surface area (Å²) in [5.74, 6) is 0.462. The van der Waals surface area contributed by atoms with Crippen LogP contribution in [0.4, 0.5) is 11.4 Å². The fourth-order valence-electron chi connectivity index (χ4n) is 0.923. The minimum Gasteiger partial charge on any atom is -0.258 e. The number of nitro benzene ring substituents is 1. The van der Waals surface area contributed by atoms with E-state index in [1.807, 2.05) is 0 Å². The van der Waals surface area contributed by atoms with E-state index >= 15 is 0 Å². The Hall–Kier alpha value is -1.43. The van der Waals surface area contributed by atoms with Gasteiger partial charge in [-0.2, -0.15) is 4.36 Å². The summed E-state index contributed by atoms with van der Waals surface area (Å²) in [5, 5.41) is 10.4. The zero-order valence-corrected chi connectivity index (χ0v) is 9.36. The normalized spacial score (nSPS) is 14.3. The Morgan fingerprint density at radius 2 is 1.93 bits per heavy atom. The first-order chi connectivity index (χ1) is 6.94. The van der Waals surface area contributed by atoms with Crippen LogP contribution >= 0.6 is 0 Å². The van der Waals surface area contributed by atoms with Crippen molar-refractivity contribution in [2.45, 2.75) is 6.92 Å². The molecule has 1 aromatic carbocycles. The molecular weight excluding hydrogens is 216 g/mol. The number of nitro groups is 1. The van der Waals surface area contributed by atoms with E-state index < -0.39 is 14.7 Å². The van der Waals surface area contributed by atoms with E-state index in [0.717, 1.165) is 0 Å². The first kappa shape index (κ1) is 11.6. The summed E-state index contributed by atoms with van der Waals surface area (Å²) < 4.78 is 15.7. The first-order valence-electron chi connectivity index (χ1n) is 4.39. The van der Waals surface area contributed by atoms with E-state index in [4.69, 9.17) is 0 Å². The summed E-state index contributed by atoms with van der Waals surface area (Å²) in [6, 6.07) is 5.70. The lowest BCUT2D eigenvalue weighted by atomic mass is 10.3. The lowest BCUT2D eigenvalue weighted by molar-refractivity contribution is -0.384. The number of non-ortho nitro benzene ring substituents is 1. The lowest BCUT2D eigenvalue weighted by Gasteiger charge is -1.99. The van der Waals surface area contributed by atoms with Crippen LogP contribution < -0.4 is 0 Å². The molecule has 1 atom stereocenters. The number of nitrogens with zero attached hydrogens (tertiary/aromatic N) is 2. The summed E-state index contributed by atoms with van der Waals surface area (Å²) in [7, 11) is -2.20. The van der Waals surface area contributed by atoms with Gasteiger partial charge in [0.05, 0.1) is 10.6 Å². The zero-order valence-electron chi connectivity index (χ0n) is 8.54. The van der Waals surface area contributed by atoms with Gasteiger partial charge in [-0.05, 0) is 12.1 Å². The number of benzene rings is 1. The van der Waals surface area contributed by atoms with Crippen LogP contribution in [0.1, 0.15) is 6.92 Å². The molecule has 1 aromatic rings. The van der Waals surface area contributed by atoms with Crippen molar-refractivity contribution in [3.8, 4) is 0 Å². The molecule has 5 nitrogen and oxygen atoms in total. The van der Waals surface area contributed by atoms with Crippen LogP contribution in [0.5, 0.6) is 0 Å². The van der Waals surface area contributed by atoms with Crippen molar-refractivity contribution in [3.63, 3.8) is 0 Å². The summed E-state index contributed by atoms with van der Waals surface area (Å²) in [6.07, 6.45) is 1.56. The SMILES string of the molecule is CCS(C)(=O)=Nc1ccc([N+](=O)[O-])cc1. The molecule has 6 heteroatoms.